The van der Waals surface area contributed by atoms with Gasteiger partial charge in [-0.2, -0.15) is 0 Å². The maximum atomic E-state index is 13.2. The summed E-state index contributed by atoms with van der Waals surface area (Å²) in [6.07, 6.45) is 5.69. The van der Waals surface area contributed by atoms with Gasteiger partial charge in [0.25, 0.3) is 5.69 Å². The lowest BCUT2D eigenvalue weighted by Crippen LogP contribution is -2.52. The fourth-order valence-corrected chi connectivity index (χ4v) is 6.06. The first-order valence-electron chi connectivity index (χ1n) is 9.78. The number of nitro benzene ring substituents is 1. The van der Waals surface area contributed by atoms with Crippen LogP contribution in [-0.2, 0) is 9.53 Å². The molecule has 144 valence electrons. The maximum Gasteiger partial charge on any atom is 0.339 e. The number of hydrogen-bond acceptors (Lipinski definition) is 5. The molecule has 0 spiro atoms. The van der Waals surface area contributed by atoms with E-state index in [0.29, 0.717) is 23.3 Å². The number of benzene rings is 1. The normalized spacial score (nSPS) is 32.1. The van der Waals surface area contributed by atoms with Crippen LogP contribution < -0.4 is 0 Å². The minimum Gasteiger partial charge on any atom is -0.451 e. The number of rotatable bonds is 5. The average molecular weight is 371 g/mol. The van der Waals surface area contributed by atoms with E-state index in [1.807, 2.05) is 0 Å². The highest BCUT2D eigenvalue weighted by molar-refractivity contribution is 5.95. The summed E-state index contributed by atoms with van der Waals surface area (Å²) < 4.78 is 5.45. The Morgan fingerprint density at radius 2 is 1.70 bits per heavy atom. The van der Waals surface area contributed by atoms with E-state index in [-0.39, 0.29) is 22.4 Å². The SMILES string of the molecule is Cc1ccc(C(=O)O[C@H](C)C(=O)C23CC4CC(CC(C4)C2)C3)cc1[N+](=O)[O-]. The Labute approximate surface area is 158 Å². The van der Waals surface area contributed by atoms with Gasteiger partial charge in [-0.3, -0.25) is 14.9 Å². The van der Waals surface area contributed by atoms with E-state index in [1.165, 1.54) is 37.5 Å². The highest BCUT2D eigenvalue weighted by Gasteiger charge is 2.55. The Morgan fingerprint density at radius 1 is 1.15 bits per heavy atom. The van der Waals surface area contributed by atoms with Gasteiger partial charge in [0.05, 0.1) is 10.5 Å². The number of hydrogen-bond donors (Lipinski definition) is 0. The van der Waals surface area contributed by atoms with E-state index in [2.05, 4.69) is 0 Å². The van der Waals surface area contributed by atoms with Crippen molar-refractivity contribution in [1.82, 2.24) is 0 Å². The number of carbonyl (C=O) groups excluding carboxylic acids is 2. The van der Waals surface area contributed by atoms with Crippen LogP contribution in [0.25, 0.3) is 0 Å². The average Bonchev–Trinajstić information content (AvgIpc) is 2.59. The zero-order chi connectivity index (χ0) is 19.3. The molecular formula is C21H25NO5. The second-order valence-electron chi connectivity index (χ2n) is 8.87. The summed E-state index contributed by atoms with van der Waals surface area (Å²) in [5.74, 6) is 1.29. The van der Waals surface area contributed by atoms with Crippen molar-refractivity contribution in [3.63, 3.8) is 0 Å². The molecule has 6 nitrogen and oxygen atoms in total. The lowest BCUT2D eigenvalue weighted by Gasteiger charge is -2.56. The molecule has 0 aromatic heterocycles. The third-order valence-electron chi connectivity index (χ3n) is 6.86. The second-order valence-corrected chi connectivity index (χ2v) is 8.87. The van der Waals surface area contributed by atoms with Crippen LogP contribution in [0.2, 0.25) is 0 Å². The van der Waals surface area contributed by atoms with E-state index >= 15 is 0 Å². The molecule has 0 radical (unpaired) electrons. The summed E-state index contributed by atoms with van der Waals surface area (Å²) in [5.41, 5.74) is 0.143. The molecule has 6 heteroatoms. The molecule has 0 unspecified atom stereocenters. The second kappa shape index (κ2) is 6.43. The lowest BCUT2D eigenvalue weighted by molar-refractivity contribution is -0.385. The Morgan fingerprint density at radius 3 is 2.22 bits per heavy atom. The zero-order valence-electron chi connectivity index (χ0n) is 15.8. The zero-order valence-corrected chi connectivity index (χ0v) is 15.8. The summed E-state index contributed by atoms with van der Waals surface area (Å²) in [7, 11) is 0. The highest BCUT2D eigenvalue weighted by Crippen LogP contribution is 2.60. The summed E-state index contributed by atoms with van der Waals surface area (Å²) >= 11 is 0. The van der Waals surface area contributed by atoms with Crippen molar-refractivity contribution in [3.8, 4) is 0 Å². The molecule has 5 rings (SSSR count). The molecule has 4 aliphatic carbocycles. The molecule has 4 fully saturated rings. The predicted molar refractivity (Wildman–Crippen MR) is 98.3 cm³/mol. The Bertz CT molecular complexity index is 780. The fraction of sp³-hybridized carbons (Fsp3) is 0.619. The molecule has 4 saturated carbocycles. The summed E-state index contributed by atoms with van der Waals surface area (Å²) in [6, 6.07) is 4.26. The number of Topliss-reactive ketones (excluding diaryl/α,β-unsaturated/α-hetero) is 1. The van der Waals surface area contributed by atoms with Crippen molar-refractivity contribution in [1.29, 1.82) is 0 Å². The molecule has 1 aromatic rings. The van der Waals surface area contributed by atoms with Gasteiger partial charge in [0.2, 0.25) is 0 Å². The Hall–Kier alpha value is -2.24. The van der Waals surface area contributed by atoms with Crippen LogP contribution in [0, 0.1) is 40.2 Å². The lowest BCUT2D eigenvalue weighted by atomic mass is 9.48. The van der Waals surface area contributed by atoms with E-state index in [9.17, 15) is 19.7 Å². The van der Waals surface area contributed by atoms with Gasteiger partial charge < -0.3 is 4.74 Å². The topological polar surface area (TPSA) is 86.5 Å². The van der Waals surface area contributed by atoms with Crippen LogP contribution in [0.1, 0.15) is 61.4 Å². The first-order chi connectivity index (χ1) is 12.8. The quantitative estimate of drug-likeness (QED) is 0.439. The molecule has 0 heterocycles. The molecule has 0 aliphatic heterocycles. The molecule has 0 saturated heterocycles. The van der Waals surface area contributed by atoms with Gasteiger partial charge in [-0.1, -0.05) is 6.07 Å². The van der Waals surface area contributed by atoms with Gasteiger partial charge in [0, 0.05) is 17.0 Å². The van der Waals surface area contributed by atoms with Gasteiger partial charge in [0.1, 0.15) is 0 Å². The van der Waals surface area contributed by atoms with Crippen LogP contribution in [0.4, 0.5) is 5.69 Å². The van der Waals surface area contributed by atoms with Crippen molar-refractivity contribution in [2.24, 2.45) is 23.2 Å². The van der Waals surface area contributed by atoms with Crippen LogP contribution in [-0.4, -0.2) is 22.8 Å². The molecule has 27 heavy (non-hydrogen) atoms. The van der Waals surface area contributed by atoms with Crippen LogP contribution in [0.3, 0.4) is 0 Å². The number of nitro groups is 1. The Balaban J connectivity index is 1.48. The van der Waals surface area contributed by atoms with E-state index < -0.39 is 17.0 Å². The number of ether oxygens (including phenoxy) is 1. The number of aryl methyl sites for hydroxylation is 1. The highest BCUT2D eigenvalue weighted by atomic mass is 16.6. The molecular weight excluding hydrogens is 346 g/mol. The molecule has 0 N–H and O–H groups in total. The standard InChI is InChI=1S/C21H25NO5/c1-12-3-4-17(8-18(12)22(25)26)20(24)27-13(2)19(23)21-9-14-5-15(10-21)7-16(6-14)11-21/h3-4,8,13-16H,5-7,9-11H2,1-2H3/t13-,14?,15?,16?,21?/m1/s1. The van der Waals surface area contributed by atoms with Crippen molar-refractivity contribution in [2.75, 3.05) is 0 Å². The predicted octanol–water partition coefficient (Wildman–Crippen LogP) is 4.23. The maximum absolute atomic E-state index is 13.2. The molecule has 1 atom stereocenters. The van der Waals surface area contributed by atoms with Gasteiger partial charge in [-0.05, 0) is 76.2 Å². The number of ketones is 1. The van der Waals surface area contributed by atoms with Gasteiger partial charge in [-0.15, -0.1) is 0 Å². The van der Waals surface area contributed by atoms with E-state index in [1.54, 1.807) is 13.8 Å². The van der Waals surface area contributed by atoms with E-state index in [4.69, 9.17) is 4.74 Å². The molecule has 0 amide bonds. The number of carbonyl (C=O) groups is 2. The first kappa shape index (κ1) is 18.1. The number of nitrogens with zero attached hydrogens (tertiary/aromatic N) is 1. The minimum absolute atomic E-state index is 0.0385. The minimum atomic E-state index is -0.825. The molecule has 4 aliphatic rings. The largest absolute Gasteiger partial charge is 0.451 e. The molecule has 4 bridgehead atoms. The molecule has 1 aromatic carbocycles. The van der Waals surface area contributed by atoms with E-state index in [0.717, 1.165) is 19.3 Å². The van der Waals surface area contributed by atoms with Crippen LogP contribution >= 0.6 is 0 Å². The van der Waals surface area contributed by atoms with Gasteiger partial charge in [0.15, 0.2) is 11.9 Å². The third-order valence-corrected chi connectivity index (χ3v) is 6.86. The van der Waals surface area contributed by atoms with Crippen molar-refractivity contribution in [2.45, 2.75) is 58.5 Å². The third kappa shape index (κ3) is 3.15. The van der Waals surface area contributed by atoms with Crippen molar-refractivity contribution in [3.05, 3.63) is 39.4 Å². The summed E-state index contributed by atoms with van der Waals surface area (Å²) in [6.45, 7) is 3.26. The van der Waals surface area contributed by atoms with Gasteiger partial charge >= 0.3 is 5.97 Å². The monoisotopic (exact) mass is 371 g/mol. The number of esters is 1. The first-order valence-corrected chi connectivity index (χ1v) is 9.78. The summed E-state index contributed by atoms with van der Waals surface area (Å²) in [5, 5.41) is 11.1. The van der Waals surface area contributed by atoms with Crippen LogP contribution in [0.15, 0.2) is 18.2 Å². The van der Waals surface area contributed by atoms with Crippen LogP contribution in [0.5, 0.6) is 0 Å². The van der Waals surface area contributed by atoms with Crippen molar-refractivity contribution >= 4 is 17.4 Å². The van der Waals surface area contributed by atoms with Crippen molar-refractivity contribution < 1.29 is 19.2 Å². The smallest absolute Gasteiger partial charge is 0.339 e. The Kier molecular flexibility index (Phi) is 4.32. The summed E-state index contributed by atoms with van der Waals surface area (Å²) in [4.78, 5) is 36.3. The fourth-order valence-electron chi connectivity index (χ4n) is 6.06. The van der Waals surface area contributed by atoms with Gasteiger partial charge in [-0.25, -0.2) is 4.79 Å².